The highest BCUT2D eigenvalue weighted by molar-refractivity contribution is 6.19. The average molecular weight is 439 g/mol. The molecule has 0 aromatic heterocycles. The van der Waals surface area contributed by atoms with Crippen molar-refractivity contribution in [1.29, 1.82) is 5.41 Å². The van der Waals surface area contributed by atoms with Gasteiger partial charge in [-0.2, -0.15) is 0 Å². The summed E-state index contributed by atoms with van der Waals surface area (Å²) in [5.41, 5.74) is 7.44. The Kier molecular flexibility index (Phi) is 10.6. The third-order valence-electron chi connectivity index (χ3n) is 4.69. The number of nitrogens with zero attached hydrogens (tertiary/aromatic N) is 3. The minimum absolute atomic E-state index is 0.485. The van der Waals surface area contributed by atoms with Crippen molar-refractivity contribution in [3.63, 3.8) is 0 Å². The summed E-state index contributed by atoms with van der Waals surface area (Å²) in [7, 11) is 0. The molecule has 1 aromatic carbocycles. The molecule has 0 unspecified atom stereocenters. The molecule has 1 N–H and O–H groups in total. The lowest BCUT2D eigenvalue weighted by molar-refractivity contribution is 0.893. The molecule has 0 amide bonds. The van der Waals surface area contributed by atoms with Crippen LogP contribution in [0, 0.1) is 5.41 Å². The lowest BCUT2D eigenvalue weighted by Gasteiger charge is -2.09. The first-order valence-electron chi connectivity index (χ1n) is 11.7. The zero-order valence-corrected chi connectivity index (χ0v) is 20.3. The molecule has 0 fully saturated rings. The number of hydrogen-bond acceptors (Lipinski definition) is 4. The van der Waals surface area contributed by atoms with Crippen molar-refractivity contribution in [3.8, 4) is 0 Å². The molecule has 33 heavy (non-hydrogen) atoms. The Balaban J connectivity index is 0.000000914. The SMILES string of the molecule is CC.CC.CC1=CC=C(N=C2C=CC(=Nc3ccc(N=C4C=CC(=N)C=C4)cc3)C=C2)CC1. The summed E-state index contributed by atoms with van der Waals surface area (Å²) in [5, 5.41) is 7.53. The van der Waals surface area contributed by atoms with Crippen LogP contribution in [0.3, 0.4) is 0 Å². The number of rotatable bonds is 3. The van der Waals surface area contributed by atoms with Crippen molar-refractivity contribution in [3.05, 3.63) is 96.3 Å². The maximum atomic E-state index is 7.53. The zero-order valence-electron chi connectivity index (χ0n) is 20.3. The first kappa shape index (κ1) is 25.6. The van der Waals surface area contributed by atoms with E-state index in [1.807, 2.05) is 88.4 Å². The number of benzene rings is 1. The zero-order chi connectivity index (χ0) is 24.1. The molecule has 3 aliphatic rings. The molecular weight excluding hydrogens is 404 g/mol. The van der Waals surface area contributed by atoms with Gasteiger partial charge in [-0.1, -0.05) is 39.3 Å². The highest BCUT2D eigenvalue weighted by Gasteiger charge is 2.05. The maximum Gasteiger partial charge on any atom is 0.0638 e. The maximum absolute atomic E-state index is 7.53. The van der Waals surface area contributed by atoms with Crippen LogP contribution in [-0.2, 0) is 0 Å². The van der Waals surface area contributed by atoms with Gasteiger partial charge < -0.3 is 5.41 Å². The third kappa shape index (κ3) is 8.41. The molecule has 0 heterocycles. The van der Waals surface area contributed by atoms with E-state index in [-0.39, 0.29) is 0 Å². The van der Waals surface area contributed by atoms with E-state index >= 15 is 0 Å². The molecule has 170 valence electrons. The van der Waals surface area contributed by atoms with E-state index in [4.69, 9.17) is 10.4 Å². The Morgan fingerprint density at radius 2 is 1.00 bits per heavy atom. The van der Waals surface area contributed by atoms with E-state index in [0.29, 0.717) is 5.71 Å². The number of hydrogen-bond donors (Lipinski definition) is 1. The highest BCUT2D eigenvalue weighted by Crippen LogP contribution is 2.21. The molecule has 0 radical (unpaired) electrons. The molecule has 0 atom stereocenters. The molecular formula is C29H34N4. The van der Waals surface area contributed by atoms with E-state index in [1.54, 1.807) is 12.2 Å². The van der Waals surface area contributed by atoms with Crippen LogP contribution in [0.25, 0.3) is 0 Å². The fourth-order valence-corrected chi connectivity index (χ4v) is 3.03. The van der Waals surface area contributed by atoms with Crippen molar-refractivity contribution < 1.29 is 0 Å². The molecule has 4 rings (SSSR count). The molecule has 0 aliphatic heterocycles. The van der Waals surface area contributed by atoms with Gasteiger partial charge in [-0.25, -0.2) is 9.98 Å². The summed E-state index contributed by atoms with van der Waals surface area (Å²) in [6.45, 7) is 10.2. The van der Waals surface area contributed by atoms with Crippen molar-refractivity contribution in [2.24, 2.45) is 15.0 Å². The lowest BCUT2D eigenvalue weighted by atomic mass is 10.0. The second-order valence-electron chi connectivity index (χ2n) is 7.09. The Labute approximate surface area is 198 Å². The molecule has 0 saturated carbocycles. The minimum Gasteiger partial charge on any atom is -0.301 e. The Morgan fingerprint density at radius 1 is 0.576 bits per heavy atom. The van der Waals surface area contributed by atoms with Crippen LogP contribution in [0.4, 0.5) is 11.4 Å². The van der Waals surface area contributed by atoms with Crippen molar-refractivity contribution in [1.82, 2.24) is 0 Å². The van der Waals surface area contributed by atoms with Gasteiger partial charge in [-0.15, -0.1) is 0 Å². The first-order chi connectivity index (χ1) is 16.1. The van der Waals surface area contributed by atoms with Crippen LogP contribution in [0.5, 0.6) is 0 Å². The van der Waals surface area contributed by atoms with Crippen LogP contribution in [0.2, 0.25) is 0 Å². The fourth-order valence-electron chi connectivity index (χ4n) is 3.03. The van der Waals surface area contributed by atoms with Crippen LogP contribution in [-0.4, -0.2) is 22.8 Å². The van der Waals surface area contributed by atoms with Crippen LogP contribution < -0.4 is 0 Å². The van der Waals surface area contributed by atoms with E-state index in [2.05, 4.69) is 29.1 Å². The quantitative estimate of drug-likeness (QED) is 0.462. The van der Waals surface area contributed by atoms with Gasteiger partial charge in [-0.05, 0) is 98.7 Å². The average Bonchev–Trinajstić information content (AvgIpc) is 2.87. The van der Waals surface area contributed by atoms with E-state index < -0.39 is 0 Å². The molecule has 0 spiro atoms. The van der Waals surface area contributed by atoms with Gasteiger partial charge in [0.25, 0.3) is 0 Å². The molecule has 0 bridgehead atoms. The first-order valence-corrected chi connectivity index (χ1v) is 11.7. The summed E-state index contributed by atoms with van der Waals surface area (Å²) in [5.74, 6) is 0. The summed E-state index contributed by atoms with van der Waals surface area (Å²) in [6.07, 6.45) is 21.5. The van der Waals surface area contributed by atoms with E-state index in [1.165, 1.54) is 5.57 Å². The largest absolute Gasteiger partial charge is 0.301 e. The van der Waals surface area contributed by atoms with E-state index in [0.717, 1.165) is 47.0 Å². The molecule has 4 nitrogen and oxygen atoms in total. The van der Waals surface area contributed by atoms with Crippen LogP contribution in [0.15, 0.2) is 111 Å². The molecule has 1 aromatic rings. The minimum atomic E-state index is 0.485. The van der Waals surface area contributed by atoms with Crippen molar-refractivity contribution in [2.75, 3.05) is 0 Å². The van der Waals surface area contributed by atoms with Gasteiger partial charge in [0.15, 0.2) is 0 Å². The van der Waals surface area contributed by atoms with Gasteiger partial charge >= 0.3 is 0 Å². The monoisotopic (exact) mass is 438 g/mol. The molecule has 3 aliphatic carbocycles. The normalized spacial score (nSPS) is 16.2. The topological polar surface area (TPSA) is 60.9 Å². The summed E-state index contributed by atoms with van der Waals surface area (Å²) in [4.78, 5) is 13.9. The van der Waals surface area contributed by atoms with Gasteiger partial charge in [-0.3, -0.25) is 4.99 Å². The second kappa shape index (κ2) is 13.7. The predicted octanol–water partition coefficient (Wildman–Crippen LogP) is 8.22. The van der Waals surface area contributed by atoms with Crippen LogP contribution >= 0.6 is 0 Å². The standard InChI is InChI=1S/C25H22N4.2C2H6/c1-18-2-6-20(7-3-18)27-22-10-14-24(15-11-22)29-25-16-12-23(13-17-25)28-21-8-4-19(26)5-9-21;2*1-2/h2,4-6,8-17,26H,3,7H2,1H3;2*1-2H3. The van der Waals surface area contributed by atoms with Gasteiger partial charge in [0.05, 0.1) is 34.2 Å². The van der Waals surface area contributed by atoms with Crippen LogP contribution in [0.1, 0.15) is 47.5 Å². The number of nitrogens with one attached hydrogen (secondary N) is 1. The number of aliphatic imine (C=N–C) groups is 3. The Morgan fingerprint density at radius 3 is 1.42 bits per heavy atom. The van der Waals surface area contributed by atoms with Gasteiger partial charge in [0, 0.05) is 5.70 Å². The number of allylic oxidation sites excluding steroid dienone is 12. The molecule has 0 saturated heterocycles. The second-order valence-corrected chi connectivity index (χ2v) is 7.09. The summed E-state index contributed by atoms with van der Waals surface area (Å²) in [6, 6.07) is 7.80. The van der Waals surface area contributed by atoms with Gasteiger partial charge in [0.2, 0.25) is 0 Å². The smallest absolute Gasteiger partial charge is 0.0638 e. The van der Waals surface area contributed by atoms with Gasteiger partial charge in [0.1, 0.15) is 0 Å². The van der Waals surface area contributed by atoms with Crippen molar-refractivity contribution >= 4 is 34.2 Å². The van der Waals surface area contributed by atoms with E-state index in [9.17, 15) is 0 Å². The summed E-state index contributed by atoms with van der Waals surface area (Å²) >= 11 is 0. The highest BCUT2D eigenvalue weighted by atomic mass is 14.8. The third-order valence-corrected chi connectivity index (χ3v) is 4.69. The van der Waals surface area contributed by atoms with Crippen molar-refractivity contribution in [2.45, 2.75) is 47.5 Å². The summed E-state index contributed by atoms with van der Waals surface area (Å²) < 4.78 is 0. The lowest BCUT2D eigenvalue weighted by Crippen LogP contribution is -2.01. The Hall–Kier alpha value is -3.66. The predicted molar refractivity (Wildman–Crippen MR) is 146 cm³/mol. The Bertz CT molecular complexity index is 1060. The fraction of sp³-hybridized carbons (Fsp3) is 0.241. The molecule has 4 heteroatoms.